The molecular formula is C31H36N4O6. The smallest absolute Gasteiger partial charge is 0.332 e. The van der Waals surface area contributed by atoms with Crippen LogP contribution in [0.3, 0.4) is 0 Å². The second kappa shape index (κ2) is 12.7. The Bertz CT molecular complexity index is 1610. The first-order valence-corrected chi connectivity index (χ1v) is 13.7. The fourth-order valence-electron chi connectivity index (χ4n) is 5.43. The van der Waals surface area contributed by atoms with Crippen molar-refractivity contribution in [2.45, 2.75) is 45.0 Å². The average molecular weight is 561 g/mol. The Kier molecular flexibility index (Phi) is 8.84. The van der Waals surface area contributed by atoms with Gasteiger partial charge in [-0.2, -0.15) is 0 Å². The number of rotatable bonds is 10. The molecule has 0 amide bonds. The molecule has 1 atom stereocenters. The molecule has 3 aromatic carbocycles. The minimum atomic E-state index is -1.05. The highest BCUT2D eigenvalue weighted by Crippen LogP contribution is 2.28. The summed E-state index contributed by atoms with van der Waals surface area (Å²) < 4.78 is 19.5. The molecule has 0 spiro atoms. The number of ether oxygens (including phenoxy) is 3. The van der Waals surface area contributed by atoms with Crippen LogP contribution in [0, 0.1) is 0 Å². The first-order chi connectivity index (χ1) is 19.9. The van der Waals surface area contributed by atoms with Crippen molar-refractivity contribution in [2.24, 2.45) is 5.73 Å². The Morgan fingerprint density at radius 2 is 1.61 bits per heavy atom. The number of nitrogens with zero attached hydrogens (tertiary/aromatic N) is 3. The molecule has 0 aliphatic carbocycles. The van der Waals surface area contributed by atoms with Crippen LogP contribution in [-0.2, 0) is 24.4 Å². The van der Waals surface area contributed by atoms with Crippen LogP contribution in [-0.4, -0.2) is 52.9 Å². The van der Waals surface area contributed by atoms with Crippen molar-refractivity contribution in [2.75, 3.05) is 27.3 Å². The molecule has 0 bridgehead atoms. The van der Waals surface area contributed by atoms with Gasteiger partial charge in [-0.3, -0.25) is 18.8 Å². The maximum Gasteiger partial charge on any atom is 0.332 e. The van der Waals surface area contributed by atoms with Crippen molar-refractivity contribution in [1.82, 2.24) is 14.0 Å². The number of aliphatic hydroxyl groups is 1. The van der Waals surface area contributed by atoms with Gasteiger partial charge in [-0.1, -0.05) is 42.5 Å². The summed E-state index contributed by atoms with van der Waals surface area (Å²) in [6.07, 6.45) is 0.165. The largest absolute Gasteiger partial charge is 0.493 e. The van der Waals surface area contributed by atoms with Crippen molar-refractivity contribution in [3.63, 3.8) is 0 Å². The van der Waals surface area contributed by atoms with Gasteiger partial charge in [-0.25, -0.2) is 4.79 Å². The van der Waals surface area contributed by atoms with E-state index in [-0.39, 0.29) is 30.4 Å². The summed E-state index contributed by atoms with van der Waals surface area (Å²) in [5.41, 5.74) is 8.25. The molecule has 10 nitrogen and oxygen atoms in total. The molecule has 0 radical (unpaired) electrons. The van der Waals surface area contributed by atoms with Crippen LogP contribution in [0.4, 0.5) is 0 Å². The van der Waals surface area contributed by atoms with Gasteiger partial charge in [0.15, 0.2) is 11.5 Å². The molecular weight excluding hydrogens is 524 g/mol. The number of methoxy groups -OCH3 is 2. The van der Waals surface area contributed by atoms with E-state index in [0.717, 1.165) is 16.7 Å². The summed E-state index contributed by atoms with van der Waals surface area (Å²) in [4.78, 5) is 29.5. The summed E-state index contributed by atoms with van der Waals surface area (Å²) >= 11 is 0. The van der Waals surface area contributed by atoms with E-state index >= 15 is 0 Å². The van der Waals surface area contributed by atoms with Gasteiger partial charge in [0, 0.05) is 25.7 Å². The molecule has 0 saturated carbocycles. The van der Waals surface area contributed by atoms with Crippen LogP contribution in [0.5, 0.6) is 11.5 Å². The number of piperidine rings is 1. The van der Waals surface area contributed by atoms with Crippen LogP contribution in [0.25, 0.3) is 10.9 Å². The average Bonchev–Trinajstić information content (AvgIpc) is 3.02. The van der Waals surface area contributed by atoms with Gasteiger partial charge in [-0.15, -0.1) is 0 Å². The van der Waals surface area contributed by atoms with Crippen molar-refractivity contribution >= 4 is 10.9 Å². The van der Waals surface area contributed by atoms with Gasteiger partial charge < -0.3 is 25.1 Å². The summed E-state index contributed by atoms with van der Waals surface area (Å²) in [6.45, 7) is 1.72. The first kappa shape index (κ1) is 28.6. The van der Waals surface area contributed by atoms with Crippen LogP contribution < -0.4 is 26.5 Å². The van der Waals surface area contributed by atoms with Crippen LogP contribution >= 0.6 is 0 Å². The predicted octanol–water partition coefficient (Wildman–Crippen LogP) is 2.82. The number of aliphatic hydroxyl groups excluding tert-OH is 1. The van der Waals surface area contributed by atoms with Crippen LogP contribution in [0.1, 0.15) is 35.6 Å². The lowest BCUT2D eigenvalue weighted by molar-refractivity contribution is -0.205. The summed E-state index contributed by atoms with van der Waals surface area (Å²) in [5, 5.41) is 11.1. The fourth-order valence-corrected chi connectivity index (χ4v) is 5.43. The number of nitrogens with two attached hydrogens (primary N) is 1. The lowest BCUT2D eigenvalue weighted by atomic mass is 10.0. The van der Waals surface area contributed by atoms with Gasteiger partial charge in [0.25, 0.3) is 5.56 Å². The molecule has 1 saturated heterocycles. The van der Waals surface area contributed by atoms with E-state index in [9.17, 15) is 14.7 Å². The number of hydrogen-bond acceptors (Lipinski definition) is 8. The van der Waals surface area contributed by atoms with Crippen LogP contribution in [0.2, 0.25) is 0 Å². The van der Waals surface area contributed by atoms with E-state index in [0.29, 0.717) is 54.9 Å². The fraction of sp³-hybridized carbons (Fsp3) is 0.355. The zero-order chi connectivity index (χ0) is 28.9. The predicted molar refractivity (Wildman–Crippen MR) is 156 cm³/mol. The Morgan fingerprint density at radius 3 is 2.29 bits per heavy atom. The van der Waals surface area contributed by atoms with Gasteiger partial charge >= 0.3 is 5.69 Å². The lowest BCUT2D eigenvalue weighted by Gasteiger charge is -2.35. The molecule has 10 heteroatoms. The normalized spacial score (nSPS) is 15.2. The number of fused-ring (bicyclic) bond motifs is 1. The molecule has 1 aliphatic heterocycles. The molecule has 41 heavy (non-hydrogen) atoms. The van der Waals surface area contributed by atoms with Crippen molar-refractivity contribution in [3.05, 3.63) is 104 Å². The highest BCUT2D eigenvalue weighted by atomic mass is 16.6. The number of hydrogen-bond donors (Lipinski definition) is 2. The zero-order valence-corrected chi connectivity index (χ0v) is 23.4. The topological polar surface area (TPSA) is 121 Å². The monoisotopic (exact) mass is 560 g/mol. The van der Waals surface area contributed by atoms with E-state index in [2.05, 4.69) is 0 Å². The summed E-state index contributed by atoms with van der Waals surface area (Å²) in [5.74, 6) is 1.08. The molecule has 1 unspecified atom stereocenters. The molecule has 2 heterocycles. The molecule has 5 rings (SSSR count). The van der Waals surface area contributed by atoms with E-state index in [4.69, 9.17) is 19.9 Å². The third kappa shape index (κ3) is 6.06. The number of likely N-dealkylation sites (tertiary alicyclic amines) is 1. The SMILES string of the molecule is COc1ccc(Cn2c(=O)c3cc(CN)ccc3n(C3CCN(C(O)OCc4ccccc4)CC3)c2=O)cc1OC. The molecule has 4 aromatic rings. The zero-order valence-electron chi connectivity index (χ0n) is 23.4. The second-order valence-electron chi connectivity index (χ2n) is 10.2. The molecule has 1 fully saturated rings. The second-order valence-corrected chi connectivity index (χ2v) is 10.2. The highest BCUT2D eigenvalue weighted by Gasteiger charge is 2.28. The maximum absolute atomic E-state index is 14.0. The van der Waals surface area contributed by atoms with E-state index in [1.165, 1.54) is 4.57 Å². The standard InChI is InChI=1S/C31H36N4O6/c1-39-27-11-9-23(17-28(27)40-2)19-34-29(36)25-16-22(18-32)8-10-26(25)35(30(34)37)24-12-14-33(15-13-24)31(38)41-20-21-6-4-3-5-7-21/h3-11,16-17,24,31,38H,12-15,18-20,32H2,1-2H3. The minimum absolute atomic E-state index is 0.0751. The third-order valence-electron chi connectivity index (χ3n) is 7.68. The van der Waals surface area contributed by atoms with Crippen LogP contribution in [0.15, 0.2) is 76.3 Å². The first-order valence-electron chi connectivity index (χ1n) is 13.7. The highest BCUT2D eigenvalue weighted by molar-refractivity contribution is 5.79. The quantitative estimate of drug-likeness (QED) is 0.284. The van der Waals surface area contributed by atoms with Gasteiger partial charge in [-0.05, 0) is 53.8 Å². The van der Waals surface area contributed by atoms with Crippen molar-refractivity contribution in [3.8, 4) is 11.5 Å². The summed E-state index contributed by atoms with van der Waals surface area (Å²) in [7, 11) is 3.10. The Hall–Kier alpha value is -3.96. The number of aromatic nitrogens is 2. The summed E-state index contributed by atoms with van der Waals surface area (Å²) in [6, 6.07) is 20.3. The minimum Gasteiger partial charge on any atom is -0.493 e. The Balaban J connectivity index is 1.43. The Labute approximate surface area is 238 Å². The molecule has 216 valence electrons. The third-order valence-corrected chi connectivity index (χ3v) is 7.68. The van der Waals surface area contributed by atoms with E-state index < -0.39 is 6.41 Å². The number of benzene rings is 3. The van der Waals surface area contributed by atoms with Crippen molar-refractivity contribution < 1.29 is 19.3 Å². The van der Waals surface area contributed by atoms with E-state index in [1.807, 2.05) is 53.4 Å². The lowest BCUT2D eigenvalue weighted by Crippen LogP contribution is -2.47. The Morgan fingerprint density at radius 1 is 0.902 bits per heavy atom. The molecule has 1 aromatic heterocycles. The van der Waals surface area contributed by atoms with Gasteiger partial charge in [0.2, 0.25) is 6.41 Å². The molecule has 3 N–H and O–H groups in total. The van der Waals surface area contributed by atoms with Crippen molar-refractivity contribution in [1.29, 1.82) is 0 Å². The van der Waals surface area contributed by atoms with E-state index in [1.54, 1.807) is 37.0 Å². The van der Waals surface area contributed by atoms with Gasteiger partial charge in [0.05, 0.1) is 38.3 Å². The molecule has 1 aliphatic rings. The van der Waals surface area contributed by atoms with Gasteiger partial charge in [0.1, 0.15) is 0 Å². The maximum atomic E-state index is 14.0.